The lowest BCUT2D eigenvalue weighted by molar-refractivity contribution is 0.178. The second-order valence-electron chi connectivity index (χ2n) is 5.62. The van der Waals surface area contributed by atoms with E-state index in [1.165, 1.54) is 12.1 Å². The summed E-state index contributed by atoms with van der Waals surface area (Å²) in [4.78, 5) is 18.2. The number of rotatable bonds is 6. The summed E-state index contributed by atoms with van der Waals surface area (Å²) in [5.41, 5.74) is 0.908. The highest BCUT2D eigenvalue weighted by Gasteiger charge is 2.21. The second kappa shape index (κ2) is 7.76. The van der Waals surface area contributed by atoms with Crippen molar-refractivity contribution in [1.29, 1.82) is 0 Å². The van der Waals surface area contributed by atoms with Gasteiger partial charge in [-0.25, -0.2) is 14.2 Å². The smallest absolute Gasteiger partial charge is 0.318 e. The Bertz CT molecular complexity index is 612. The Morgan fingerprint density at radius 1 is 1.35 bits per heavy atom. The van der Waals surface area contributed by atoms with Gasteiger partial charge in [0.05, 0.1) is 12.4 Å². The number of hydrogen-bond acceptors (Lipinski definition) is 2. The van der Waals surface area contributed by atoms with Crippen LogP contribution in [0.1, 0.15) is 32.4 Å². The summed E-state index contributed by atoms with van der Waals surface area (Å²) in [6.07, 6.45) is 5.30. The lowest BCUT2D eigenvalue weighted by Crippen LogP contribution is -2.46. The Morgan fingerprint density at radius 2 is 2.04 bits per heavy atom. The van der Waals surface area contributed by atoms with Gasteiger partial charge in [-0.3, -0.25) is 0 Å². The van der Waals surface area contributed by atoms with E-state index in [9.17, 15) is 9.18 Å². The Labute approximate surface area is 136 Å². The third-order valence-electron chi connectivity index (χ3n) is 3.84. The molecule has 1 heterocycles. The predicted molar refractivity (Wildman–Crippen MR) is 87.4 cm³/mol. The predicted octanol–water partition coefficient (Wildman–Crippen LogP) is 3.20. The van der Waals surface area contributed by atoms with Gasteiger partial charge in [-0.05, 0) is 38.5 Å². The van der Waals surface area contributed by atoms with Gasteiger partial charge >= 0.3 is 6.03 Å². The van der Waals surface area contributed by atoms with Crippen LogP contribution in [0.3, 0.4) is 0 Å². The van der Waals surface area contributed by atoms with Gasteiger partial charge in [0.15, 0.2) is 0 Å². The summed E-state index contributed by atoms with van der Waals surface area (Å²) in [7, 11) is 0. The van der Waals surface area contributed by atoms with Crippen LogP contribution >= 0.6 is 0 Å². The van der Waals surface area contributed by atoms with Gasteiger partial charge in [-0.15, -0.1) is 0 Å². The number of halogens is 1. The molecule has 6 heteroatoms. The normalized spacial score (nSPS) is 13.4. The number of carbonyl (C=O) groups excluding carboxylic acids is 1. The number of hydrogen-bond donors (Lipinski definition) is 1. The summed E-state index contributed by atoms with van der Waals surface area (Å²) >= 11 is 0. The molecular formula is C17H23FN4O. The first-order valence-corrected chi connectivity index (χ1v) is 7.79. The van der Waals surface area contributed by atoms with Gasteiger partial charge in [0.1, 0.15) is 5.82 Å². The fraction of sp³-hybridized carbons (Fsp3) is 0.412. The Kier molecular flexibility index (Phi) is 5.73. The molecule has 23 heavy (non-hydrogen) atoms. The monoisotopic (exact) mass is 318 g/mol. The Balaban J connectivity index is 1.98. The zero-order chi connectivity index (χ0) is 16.8. The van der Waals surface area contributed by atoms with Crippen molar-refractivity contribution in [2.45, 2.75) is 39.4 Å². The van der Waals surface area contributed by atoms with E-state index in [2.05, 4.69) is 10.3 Å². The van der Waals surface area contributed by atoms with E-state index in [-0.39, 0.29) is 23.9 Å². The summed E-state index contributed by atoms with van der Waals surface area (Å²) in [5.74, 6) is -0.276. The number of nitrogens with one attached hydrogen (secondary N) is 1. The summed E-state index contributed by atoms with van der Waals surface area (Å²) < 4.78 is 15.0. The third kappa shape index (κ3) is 4.55. The molecule has 2 atom stereocenters. The molecular weight excluding hydrogens is 295 g/mol. The molecule has 0 aliphatic rings. The van der Waals surface area contributed by atoms with E-state index in [0.717, 1.165) is 5.56 Å². The third-order valence-corrected chi connectivity index (χ3v) is 3.84. The molecule has 5 nitrogen and oxygen atoms in total. The first-order valence-electron chi connectivity index (χ1n) is 7.79. The molecule has 0 aliphatic heterocycles. The highest BCUT2D eigenvalue weighted by atomic mass is 19.1. The van der Waals surface area contributed by atoms with E-state index < -0.39 is 0 Å². The fourth-order valence-electron chi connectivity index (χ4n) is 2.56. The number of amides is 2. The minimum Gasteiger partial charge on any atom is -0.335 e. The molecule has 124 valence electrons. The standard InChI is InChI=1S/C17H23FN4O/c1-4-22(14(3)15-5-7-16(18)8-6-15)17(23)20-13(2)11-21-10-9-19-12-21/h5-10,12-14H,4,11H2,1-3H3,(H,20,23). The van der Waals surface area contributed by atoms with Crippen LogP contribution < -0.4 is 5.32 Å². The van der Waals surface area contributed by atoms with Gasteiger partial charge < -0.3 is 14.8 Å². The molecule has 0 bridgehead atoms. The highest BCUT2D eigenvalue weighted by molar-refractivity contribution is 5.75. The molecule has 2 unspecified atom stereocenters. The van der Waals surface area contributed by atoms with Crippen LogP contribution in [0.2, 0.25) is 0 Å². The van der Waals surface area contributed by atoms with E-state index in [1.807, 2.05) is 31.5 Å². The van der Waals surface area contributed by atoms with Crippen LogP contribution in [-0.4, -0.2) is 33.1 Å². The molecule has 2 amide bonds. The number of benzene rings is 1. The molecule has 0 saturated carbocycles. The maximum absolute atomic E-state index is 13.0. The number of nitrogens with zero attached hydrogens (tertiary/aromatic N) is 3. The van der Waals surface area contributed by atoms with Crippen molar-refractivity contribution in [3.05, 3.63) is 54.4 Å². The zero-order valence-electron chi connectivity index (χ0n) is 13.7. The minimum atomic E-state index is -0.276. The van der Waals surface area contributed by atoms with Crippen LogP contribution in [-0.2, 0) is 6.54 Å². The van der Waals surface area contributed by atoms with Crippen LogP contribution in [0.4, 0.5) is 9.18 Å². The first-order chi connectivity index (χ1) is 11.0. The van der Waals surface area contributed by atoms with Crippen molar-refractivity contribution in [1.82, 2.24) is 19.8 Å². The topological polar surface area (TPSA) is 50.2 Å². The molecule has 0 saturated heterocycles. The highest BCUT2D eigenvalue weighted by Crippen LogP contribution is 2.20. The lowest BCUT2D eigenvalue weighted by Gasteiger charge is -2.30. The van der Waals surface area contributed by atoms with Crippen LogP contribution in [0.15, 0.2) is 43.0 Å². The van der Waals surface area contributed by atoms with Crippen molar-refractivity contribution in [3.8, 4) is 0 Å². The van der Waals surface area contributed by atoms with Crippen molar-refractivity contribution in [2.75, 3.05) is 6.54 Å². The first kappa shape index (κ1) is 17.0. The molecule has 1 aromatic heterocycles. The van der Waals surface area contributed by atoms with E-state index in [4.69, 9.17) is 0 Å². The number of imidazole rings is 1. The molecule has 2 aromatic rings. The SMILES string of the molecule is CCN(C(=O)NC(C)Cn1ccnc1)C(C)c1ccc(F)cc1. The summed E-state index contributed by atoms with van der Waals surface area (Å²) in [6, 6.07) is 5.98. The van der Waals surface area contributed by atoms with E-state index in [0.29, 0.717) is 13.1 Å². The molecule has 1 N–H and O–H groups in total. The van der Waals surface area contributed by atoms with Crippen molar-refractivity contribution < 1.29 is 9.18 Å². The second-order valence-corrected chi connectivity index (χ2v) is 5.62. The molecule has 2 rings (SSSR count). The number of aromatic nitrogens is 2. The average molecular weight is 318 g/mol. The molecule has 0 fully saturated rings. The maximum Gasteiger partial charge on any atom is 0.318 e. The molecule has 0 spiro atoms. The van der Waals surface area contributed by atoms with Gasteiger partial charge in [-0.1, -0.05) is 12.1 Å². The molecule has 0 aliphatic carbocycles. The average Bonchev–Trinajstić information content (AvgIpc) is 3.01. The summed E-state index contributed by atoms with van der Waals surface area (Å²) in [5, 5.41) is 3.00. The molecule has 0 radical (unpaired) electrons. The quantitative estimate of drug-likeness (QED) is 0.889. The Morgan fingerprint density at radius 3 is 2.61 bits per heavy atom. The van der Waals surface area contributed by atoms with Gasteiger partial charge in [0.2, 0.25) is 0 Å². The van der Waals surface area contributed by atoms with Gasteiger partial charge in [0.25, 0.3) is 0 Å². The maximum atomic E-state index is 13.0. The lowest BCUT2D eigenvalue weighted by atomic mass is 10.1. The van der Waals surface area contributed by atoms with Crippen molar-refractivity contribution >= 4 is 6.03 Å². The number of urea groups is 1. The molecule has 1 aromatic carbocycles. The van der Waals surface area contributed by atoms with Crippen LogP contribution in [0, 0.1) is 5.82 Å². The van der Waals surface area contributed by atoms with Gasteiger partial charge in [-0.2, -0.15) is 0 Å². The van der Waals surface area contributed by atoms with E-state index >= 15 is 0 Å². The zero-order valence-corrected chi connectivity index (χ0v) is 13.7. The van der Waals surface area contributed by atoms with Crippen molar-refractivity contribution in [2.24, 2.45) is 0 Å². The fourth-order valence-corrected chi connectivity index (χ4v) is 2.56. The van der Waals surface area contributed by atoms with Crippen LogP contribution in [0.25, 0.3) is 0 Å². The summed E-state index contributed by atoms with van der Waals surface area (Å²) in [6.45, 7) is 7.06. The largest absolute Gasteiger partial charge is 0.335 e. The van der Waals surface area contributed by atoms with Crippen molar-refractivity contribution in [3.63, 3.8) is 0 Å². The van der Waals surface area contributed by atoms with E-state index in [1.54, 1.807) is 29.6 Å². The Hall–Kier alpha value is -2.37. The van der Waals surface area contributed by atoms with Crippen LogP contribution in [0.5, 0.6) is 0 Å². The number of carbonyl (C=O) groups is 1. The minimum absolute atomic E-state index is 0.0221. The van der Waals surface area contributed by atoms with Gasteiger partial charge in [0, 0.05) is 31.5 Å².